The molecule has 2 rings (SSSR count). The third-order valence-electron chi connectivity index (χ3n) is 3.88. The Balaban J connectivity index is 2.10. The second-order valence-electron chi connectivity index (χ2n) is 5.87. The minimum absolute atomic E-state index is 0.277. The predicted octanol–water partition coefficient (Wildman–Crippen LogP) is 5.30. The number of nitrogens with one attached hydrogen (secondary N) is 1. The lowest BCUT2D eigenvalue weighted by molar-refractivity contribution is 0.412. The molecule has 1 atom stereocenters. The Bertz CT molecular complexity index is 587. The first-order chi connectivity index (χ1) is 10.0. The number of rotatable bonds is 5. The zero-order chi connectivity index (χ0) is 15.4. The van der Waals surface area contributed by atoms with Crippen LogP contribution in [-0.2, 0) is 0 Å². The highest BCUT2D eigenvalue weighted by Crippen LogP contribution is 2.25. The molecule has 0 saturated heterocycles. The van der Waals surface area contributed by atoms with Crippen molar-refractivity contribution in [3.8, 4) is 5.75 Å². The molecule has 0 bridgehead atoms. The van der Waals surface area contributed by atoms with Crippen LogP contribution in [-0.4, -0.2) is 7.11 Å². The second-order valence-corrected chi connectivity index (χ2v) is 5.87. The molecule has 0 spiro atoms. The molecule has 0 aliphatic carbocycles. The predicted molar refractivity (Wildman–Crippen MR) is 90.3 cm³/mol. The molecule has 1 N–H and O–H groups in total. The lowest BCUT2D eigenvalue weighted by atomic mass is 9.99. The van der Waals surface area contributed by atoms with Gasteiger partial charge >= 0.3 is 0 Å². The van der Waals surface area contributed by atoms with Crippen LogP contribution in [0.3, 0.4) is 0 Å². The zero-order valence-corrected chi connectivity index (χ0v) is 13.6. The second kappa shape index (κ2) is 6.66. The molecule has 21 heavy (non-hydrogen) atoms. The lowest BCUT2D eigenvalue weighted by Gasteiger charge is -2.17. The maximum absolute atomic E-state index is 5.30. The van der Waals surface area contributed by atoms with Gasteiger partial charge in [0.15, 0.2) is 0 Å². The van der Waals surface area contributed by atoms with E-state index in [2.05, 4.69) is 69.4 Å². The van der Waals surface area contributed by atoms with Crippen LogP contribution in [0.25, 0.3) is 0 Å². The van der Waals surface area contributed by atoms with Crippen molar-refractivity contribution >= 4 is 5.69 Å². The molecule has 0 aliphatic rings. The van der Waals surface area contributed by atoms with E-state index in [0.29, 0.717) is 5.92 Å². The fourth-order valence-corrected chi connectivity index (χ4v) is 2.47. The van der Waals surface area contributed by atoms with Gasteiger partial charge in [-0.3, -0.25) is 0 Å². The van der Waals surface area contributed by atoms with E-state index in [1.54, 1.807) is 7.11 Å². The third-order valence-corrected chi connectivity index (χ3v) is 3.88. The number of benzene rings is 2. The number of aryl methyl sites for hydroxylation is 1. The molecule has 0 aliphatic heterocycles. The smallest absolute Gasteiger partial charge is 0.121 e. The summed E-state index contributed by atoms with van der Waals surface area (Å²) in [6.45, 7) is 8.68. The Hall–Kier alpha value is -1.96. The molecule has 0 saturated carbocycles. The van der Waals surface area contributed by atoms with Gasteiger partial charge in [0.25, 0.3) is 0 Å². The summed E-state index contributed by atoms with van der Waals surface area (Å²) in [5, 5.41) is 3.54. The van der Waals surface area contributed by atoms with Crippen LogP contribution in [0.4, 0.5) is 5.69 Å². The van der Waals surface area contributed by atoms with Gasteiger partial charge < -0.3 is 10.1 Å². The monoisotopic (exact) mass is 283 g/mol. The van der Waals surface area contributed by atoms with Gasteiger partial charge in [0.2, 0.25) is 0 Å². The Morgan fingerprint density at radius 3 is 2.05 bits per heavy atom. The van der Waals surface area contributed by atoms with Gasteiger partial charge in [0, 0.05) is 11.7 Å². The van der Waals surface area contributed by atoms with Crippen molar-refractivity contribution in [3.63, 3.8) is 0 Å². The molecule has 112 valence electrons. The molecule has 2 aromatic carbocycles. The normalized spacial score (nSPS) is 12.3. The third kappa shape index (κ3) is 3.78. The number of anilines is 1. The van der Waals surface area contributed by atoms with Crippen LogP contribution >= 0.6 is 0 Å². The summed E-state index contributed by atoms with van der Waals surface area (Å²) < 4.78 is 5.30. The number of hydrogen-bond donors (Lipinski definition) is 1. The van der Waals surface area contributed by atoms with Gasteiger partial charge in [-0.05, 0) is 54.7 Å². The van der Waals surface area contributed by atoms with Crippen molar-refractivity contribution in [2.24, 2.45) is 0 Å². The maximum Gasteiger partial charge on any atom is 0.121 e. The molecule has 0 amide bonds. The Morgan fingerprint density at radius 1 is 0.905 bits per heavy atom. The van der Waals surface area contributed by atoms with Crippen molar-refractivity contribution in [1.29, 1.82) is 0 Å². The van der Waals surface area contributed by atoms with Crippen LogP contribution in [0, 0.1) is 6.92 Å². The summed E-state index contributed by atoms with van der Waals surface area (Å²) in [6.07, 6.45) is 0. The minimum Gasteiger partial charge on any atom is -0.496 e. The SMILES string of the molecule is COc1ccc(NC(C)c2ccc(C(C)C)cc2)cc1C. The number of methoxy groups -OCH3 is 1. The van der Waals surface area contributed by atoms with Crippen molar-refractivity contribution in [2.45, 2.75) is 39.7 Å². The average molecular weight is 283 g/mol. The molecule has 0 fully saturated rings. The van der Waals surface area contributed by atoms with Gasteiger partial charge in [-0.15, -0.1) is 0 Å². The van der Waals surface area contributed by atoms with Crippen molar-refractivity contribution < 1.29 is 4.74 Å². The van der Waals surface area contributed by atoms with Crippen LogP contribution in [0.2, 0.25) is 0 Å². The van der Waals surface area contributed by atoms with Crippen LogP contribution in [0.5, 0.6) is 5.75 Å². The zero-order valence-electron chi connectivity index (χ0n) is 13.6. The number of hydrogen-bond acceptors (Lipinski definition) is 2. The standard InChI is InChI=1S/C19H25NO/c1-13(2)16-6-8-17(9-7-16)15(4)20-18-10-11-19(21-5)14(3)12-18/h6-13,15,20H,1-5H3. The summed E-state index contributed by atoms with van der Waals surface area (Å²) in [7, 11) is 1.70. The molecule has 0 aromatic heterocycles. The van der Waals surface area contributed by atoms with E-state index < -0.39 is 0 Å². The summed E-state index contributed by atoms with van der Waals surface area (Å²) in [5.41, 5.74) is 4.94. The summed E-state index contributed by atoms with van der Waals surface area (Å²) >= 11 is 0. The van der Waals surface area contributed by atoms with Gasteiger partial charge in [-0.1, -0.05) is 38.1 Å². The van der Waals surface area contributed by atoms with E-state index in [9.17, 15) is 0 Å². The van der Waals surface area contributed by atoms with E-state index in [1.165, 1.54) is 11.1 Å². The van der Waals surface area contributed by atoms with E-state index >= 15 is 0 Å². The first kappa shape index (κ1) is 15.4. The molecule has 0 heterocycles. The molecule has 2 heteroatoms. The maximum atomic E-state index is 5.30. The van der Waals surface area contributed by atoms with E-state index in [1.807, 2.05) is 6.07 Å². The van der Waals surface area contributed by atoms with E-state index in [4.69, 9.17) is 4.74 Å². The summed E-state index contributed by atoms with van der Waals surface area (Å²) in [4.78, 5) is 0. The Labute approximate surface area is 128 Å². The fraction of sp³-hybridized carbons (Fsp3) is 0.368. The van der Waals surface area contributed by atoms with Crippen LogP contribution in [0.15, 0.2) is 42.5 Å². The first-order valence-electron chi connectivity index (χ1n) is 7.52. The fourth-order valence-electron chi connectivity index (χ4n) is 2.47. The van der Waals surface area contributed by atoms with Crippen molar-refractivity contribution in [2.75, 3.05) is 12.4 Å². The van der Waals surface area contributed by atoms with Gasteiger partial charge in [0.1, 0.15) is 5.75 Å². The van der Waals surface area contributed by atoms with Gasteiger partial charge in [-0.25, -0.2) is 0 Å². The Kier molecular flexibility index (Phi) is 4.89. The Morgan fingerprint density at radius 2 is 1.52 bits per heavy atom. The highest BCUT2D eigenvalue weighted by atomic mass is 16.5. The van der Waals surface area contributed by atoms with E-state index in [0.717, 1.165) is 17.0 Å². The molecular formula is C19H25NO. The average Bonchev–Trinajstić information content (AvgIpc) is 2.47. The largest absolute Gasteiger partial charge is 0.496 e. The highest BCUT2D eigenvalue weighted by Gasteiger charge is 2.07. The summed E-state index contributed by atoms with van der Waals surface area (Å²) in [6, 6.07) is 15.3. The van der Waals surface area contributed by atoms with Gasteiger partial charge in [-0.2, -0.15) is 0 Å². The molecule has 2 nitrogen and oxygen atoms in total. The molecule has 0 radical (unpaired) electrons. The quantitative estimate of drug-likeness (QED) is 0.804. The van der Waals surface area contributed by atoms with Crippen molar-refractivity contribution in [1.82, 2.24) is 0 Å². The molecular weight excluding hydrogens is 258 g/mol. The molecule has 1 unspecified atom stereocenters. The van der Waals surface area contributed by atoms with Crippen LogP contribution in [0.1, 0.15) is 49.4 Å². The van der Waals surface area contributed by atoms with E-state index in [-0.39, 0.29) is 6.04 Å². The number of ether oxygens (including phenoxy) is 1. The van der Waals surface area contributed by atoms with Gasteiger partial charge in [0.05, 0.1) is 7.11 Å². The highest BCUT2D eigenvalue weighted by molar-refractivity contribution is 5.52. The van der Waals surface area contributed by atoms with Crippen LogP contribution < -0.4 is 10.1 Å². The molecule has 2 aromatic rings. The summed E-state index contributed by atoms with van der Waals surface area (Å²) in [5.74, 6) is 1.50. The lowest BCUT2D eigenvalue weighted by Crippen LogP contribution is -2.07. The minimum atomic E-state index is 0.277. The van der Waals surface area contributed by atoms with Crippen molar-refractivity contribution in [3.05, 3.63) is 59.2 Å². The first-order valence-corrected chi connectivity index (χ1v) is 7.52. The topological polar surface area (TPSA) is 21.3 Å².